The highest BCUT2D eigenvalue weighted by Crippen LogP contribution is 2.39. The molecular weight excluding hydrogens is 404 g/mol. The third-order valence-corrected chi connectivity index (χ3v) is 8.06. The Labute approximate surface area is 167 Å². The van der Waals surface area contributed by atoms with Crippen molar-refractivity contribution in [1.29, 1.82) is 0 Å². The number of piperidine rings is 1. The van der Waals surface area contributed by atoms with Gasteiger partial charge in [-0.25, -0.2) is 18.4 Å². The molecule has 1 saturated heterocycles. The largest absolute Gasteiger partial charge is 0.340 e. The minimum absolute atomic E-state index is 0.314. The van der Waals surface area contributed by atoms with Crippen LogP contribution in [0.15, 0.2) is 35.5 Å². The van der Waals surface area contributed by atoms with E-state index in [2.05, 4.69) is 15.3 Å². The van der Waals surface area contributed by atoms with Crippen LogP contribution in [0.1, 0.15) is 24.1 Å². The number of aromatic nitrogens is 2. The summed E-state index contributed by atoms with van der Waals surface area (Å²) in [7, 11) is -3.60. The number of nitrogens with one attached hydrogen (secondary N) is 1. The van der Waals surface area contributed by atoms with E-state index < -0.39 is 10.0 Å². The molecule has 1 N–H and O–H groups in total. The standard InChI is InChI=1S/C18H19ClN4O2S2/c1-12-16(27(24,25)23-8-3-2-4-9-23)15-17(20-11-21-18(15)26-12)22-14-7-5-6-13(19)10-14/h5-7,10-11H,2-4,8-9H2,1H3,(H,20,21,22). The summed E-state index contributed by atoms with van der Waals surface area (Å²) in [6, 6.07) is 7.24. The van der Waals surface area contributed by atoms with E-state index in [0.717, 1.165) is 29.8 Å². The van der Waals surface area contributed by atoms with Gasteiger partial charge in [0.1, 0.15) is 21.9 Å². The van der Waals surface area contributed by atoms with Crippen molar-refractivity contribution in [3.63, 3.8) is 0 Å². The number of thiophene rings is 1. The summed E-state index contributed by atoms with van der Waals surface area (Å²) in [6.45, 7) is 2.94. The molecule has 2 aromatic heterocycles. The Bertz CT molecular complexity index is 1090. The number of fused-ring (bicyclic) bond motifs is 1. The number of hydrogen-bond acceptors (Lipinski definition) is 6. The Morgan fingerprint density at radius 2 is 1.96 bits per heavy atom. The van der Waals surface area contributed by atoms with Gasteiger partial charge in [-0.05, 0) is 38.0 Å². The maximum Gasteiger partial charge on any atom is 0.244 e. The highest BCUT2D eigenvalue weighted by molar-refractivity contribution is 7.89. The molecule has 0 spiro atoms. The van der Waals surface area contributed by atoms with Crippen molar-refractivity contribution >= 4 is 54.7 Å². The summed E-state index contributed by atoms with van der Waals surface area (Å²) in [6.07, 6.45) is 4.30. The topological polar surface area (TPSA) is 75.2 Å². The van der Waals surface area contributed by atoms with Gasteiger partial charge in [-0.1, -0.05) is 24.1 Å². The molecule has 0 unspecified atom stereocenters. The van der Waals surface area contributed by atoms with Gasteiger partial charge < -0.3 is 5.32 Å². The first-order valence-electron chi connectivity index (χ1n) is 8.73. The van der Waals surface area contributed by atoms with Crippen molar-refractivity contribution in [1.82, 2.24) is 14.3 Å². The van der Waals surface area contributed by atoms with Crippen LogP contribution in [-0.4, -0.2) is 35.8 Å². The monoisotopic (exact) mass is 422 g/mol. The lowest BCUT2D eigenvalue weighted by Crippen LogP contribution is -2.35. The molecule has 0 amide bonds. The van der Waals surface area contributed by atoms with Crippen molar-refractivity contribution in [3.8, 4) is 0 Å². The van der Waals surface area contributed by atoms with Gasteiger partial charge in [0.05, 0.1) is 5.39 Å². The number of halogens is 1. The van der Waals surface area contributed by atoms with Crippen molar-refractivity contribution < 1.29 is 8.42 Å². The van der Waals surface area contributed by atoms with Crippen LogP contribution in [0.2, 0.25) is 5.02 Å². The Kier molecular flexibility index (Phi) is 5.07. The minimum Gasteiger partial charge on any atom is -0.340 e. The molecule has 0 aliphatic carbocycles. The number of benzene rings is 1. The van der Waals surface area contributed by atoms with Crippen molar-refractivity contribution in [2.45, 2.75) is 31.1 Å². The number of nitrogens with zero attached hydrogens (tertiary/aromatic N) is 3. The van der Waals surface area contributed by atoms with E-state index in [0.29, 0.717) is 39.0 Å². The number of sulfonamides is 1. The lowest BCUT2D eigenvalue weighted by molar-refractivity contribution is 0.347. The van der Waals surface area contributed by atoms with Gasteiger partial charge in [0, 0.05) is 28.7 Å². The van der Waals surface area contributed by atoms with Crippen molar-refractivity contribution in [3.05, 3.63) is 40.5 Å². The average molecular weight is 423 g/mol. The summed E-state index contributed by atoms with van der Waals surface area (Å²) >= 11 is 7.44. The molecule has 0 radical (unpaired) electrons. The van der Waals surface area contributed by atoms with Crippen LogP contribution in [0.25, 0.3) is 10.2 Å². The second-order valence-corrected chi connectivity index (χ2v) is 10.0. The predicted molar refractivity (Wildman–Crippen MR) is 109 cm³/mol. The molecule has 1 aromatic carbocycles. The molecule has 27 heavy (non-hydrogen) atoms. The fourth-order valence-electron chi connectivity index (χ4n) is 3.36. The average Bonchev–Trinajstić information content (AvgIpc) is 3.00. The zero-order chi connectivity index (χ0) is 19.0. The number of aryl methyl sites for hydroxylation is 1. The van der Waals surface area contributed by atoms with Gasteiger partial charge in [0.15, 0.2) is 0 Å². The molecule has 0 atom stereocenters. The molecule has 6 nitrogen and oxygen atoms in total. The van der Waals surface area contributed by atoms with Crippen LogP contribution in [0, 0.1) is 6.92 Å². The smallest absolute Gasteiger partial charge is 0.244 e. The molecule has 9 heteroatoms. The normalized spacial score (nSPS) is 15.9. The van der Waals surface area contributed by atoms with E-state index in [1.54, 1.807) is 16.4 Å². The summed E-state index contributed by atoms with van der Waals surface area (Å²) in [5.74, 6) is 0.474. The summed E-state index contributed by atoms with van der Waals surface area (Å²) in [5, 5.41) is 4.34. The van der Waals surface area contributed by atoms with Crippen LogP contribution >= 0.6 is 22.9 Å². The van der Waals surface area contributed by atoms with E-state index in [9.17, 15) is 8.42 Å². The molecular formula is C18H19ClN4O2S2. The molecule has 4 rings (SSSR count). The van der Waals surface area contributed by atoms with Crippen LogP contribution in [-0.2, 0) is 10.0 Å². The maximum atomic E-state index is 13.4. The van der Waals surface area contributed by atoms with E-state index in [1.807, 2.05) is 19.1 Å². The minimum atomic E-state index is -3.60. The lowest BCUT2D eigenvalue weighted by atomic mass is 10.2. The zero-order valence-electron chi connectivity index (χ0n) is 14.8. The Morgan fingerprint density at radius 1 is 1.19 bits per heavy atom. The first-order valence-corrected chi connectivity index (χ1v) is 11.4. The number of hydrogen-bond donors (Lipinski definition) is 1. The molecule has 3 aromatic rings. The van der Waals surface area contributed by atoms with Crippen LogP contribution in [0.5, 0.6) is 0 Å². The van der Waals surface area contributed by atoms with E-state index in [1.165, 1.54) is 17.7 Å². The molecule has 1 fully saturated rings. The summed E-state index contributed by atoms with van der Waals surface area (Å²) in [5.41, 5.74) is 0.743. The highest BCUT2D eigenvalue weighted by Gasteiger charge is 2.32. The van der Waals surface area contributed by atoms with E-state index in [-0.39, 0.29) is 0 Å². The third-order valence-electron chi connectivity index (χ3n) is 4.61. The van der Waals surface area contributed by atoms with Gasteiger partial charge in [-0.3, -0.25) is 0 Å². The lowest BCUT2D eigenvalue weighted by Gasteiger charge is -2.26. The molecule has 0 saturated carbocycles. The van der Waals surface area contributed by atoms with Gasteiger partial charge in [-0.15, -0.1) is 11.3 Å². The maximum absolute atomic E-state index is 13.4. The molecule has 3 heterocycles. The third kappa shape index (κ3) is 3.54. The second-order valence-electron chi connectivity index (χ2n) is 6.49. The number of anilines is 2. The van der Waals surface area contributed by atoms with Gasteiger partial charge >= 0.3 is 0 Å². The molecule has 1 aliphatic rings. The van der Waals surface area contributed by atoms with Crippen LogP contribution < -0.4 is 5.32 Å². The summed E-state index contributed by atoms with van der Waals surface area (Å²) < 4.78 is 28.3. The Hall–Kier alpha value is -1.74. The van der Waals surface area contributed by atoms with E-state index >= 15 is 0 Å². The fourth-order valence-corrected chi connectivity index (χ4v) is 6.75. The first-order chi connectivity index (χ1) is 13.0. The predicted octanol–water partition coefficient (Wildman–Crippen LogP) is 4.57. The van der Waals surface area contributed by atoms with Crippen LogP contribution in [0.4, 0.5) is 11.5 Å². The van der Waals surface area contributed by atoms with Crippen molar-refractivity contribution in [2.75, 3.05) is 18.4 Å². The Morgan fingerprint density at radius 3 is 2.70 bits per heavy atom. The SMILES string of the molecule is Cc1sc2ncnc(Nc3cccc(Cl)c3)c2c1S(=O)(=O)N1CCCCC1. The molecule has 0 bridgehead atoms. The molecule has 142 valence electrons. The zero-order valence-corrected chi connectivity index (χ0v) is 17.2. The van der Waals surface area contributed by atoms with Crippen LogP contribution in [0.3, 0.4) is 0 Å². The Balaban J connectivity index is 1.85. The highest BCUT2D eigenvalue weighted by atomic mass is 35.5. The molecule has 1 aliphatic heterocycles. The van der Waals surface area contributed by atoms with Gasteiger partial charge in [-0.2, -0.15) is 4.31 Å². The summed E-state index contributed by atoms with van der Waals surface area (Å²) in [4.78, 5) is 10.3. The first kappa shape index (κ1) is 18.6. The van der Waals surface area contributed by atoms with Crippen molar-refractivity contribution in [2.24, 2.45) is 0 Å². The van der Waals surface area contributed by atoms with Gasteiger partial charge in [0.25, 0.3) is 0 Å². The fraction of sp³-hybridized carbons (Fsp3) is 0.333. The second kappa shape index (κ2) is 7.35. The quantitative estimate of drug-likeness (QED) is 0.666. The van der Waals surface area contributed by atoms with Gasteiger partial charge in [0.2, 0.25) is 10.0 Å². The van der Waals surface area contributed by atoms with E-state index in [4.69, 9.17) is 11.6 Å². The number of rotatable bonds is 4.